The van der Waals surface area contributed by atoms with Crippen molar-refractivity contribution in [3.8, 4) is 5.75 Å². The van der Waals surface area contributed by atoms with Gasteiger partial charge < -0.3 is 10.5 Å². The summed E-state index contributed by atoms with van der Waals surface area (Å²) in [6.45, 7) is 0.695. The summed E-state index contributed by atoms with van der Waals surface area (Å²) in [5, 5.41) is 0. The molecule has 4 nitrogen and oxygen atoms in total. The SMILES string of the molecule is COc1cc(N(CC2CCCC2)C(N)=O)ccc1Br. The normalized spacial score (nSPS) is 15.5. The number of amides is 2. The molecule has 2 amide bonds. The number of anilines is 1. The molecule has 0 aromatic heterocycles. The third kappa shape index (κ3) is 3.41. The predicted octanol–water partition coefficient (Wildman–Crippen LogP) is 3.53. The van der Waals surface area contributed by atoms with Gasteiger partial charge in [0.25, 0.3) is 0 Å². The van der Waals surface area contributed by atoms with Gasteiger partial charge in [-0.2, -0.15) is 0 Å². The summed E-state index contributed by atoms with van der Waals surface area (Å²) in [6.07, 6.45) is 4.86. The van der Waals surface area contributed by atoms with Crippen LogP contribution in [0.5, 0.6) is 5.75 Å². The molecule has 1 fully saturated rings. The van der Waals surface area contributed by atoms with E-state index in [2.05, 4.69) is 15.9 Å². The monoisotopic (exact) mass is 326 g/mol. The molecule has 1 aromatic carbocycles. The molecule has 0 unspecified atom stereocenters. The maximum atomic E-state index is 11.7. The van der Waals surface area contributed by atoms with Crippen molar-refractivity contribution in [2.24, 2.45) is 11.7 Å². The van der Waals surface area contributed by atoms with Gasteiger partial charge in [-0.1, -0.05) is 12.8 Å². The Balaban J connectivity index is 2.20. The lowest BCUT2D eigenvalue weighted by Crippen LogP contribution is -2.38. The smallest absolute Gasteiger partial charge is 0.319 e. The zero-order valence-electron chi connectivity index (χ0n) is 11.1. The van der Waals surface area contributed by atoms with Crippen LogP contribution in [0.1, 0.15) is 25.7 Å². The first kappa shape index (κ1) is 14.2. The van der Waals surface area contributed by atoms with Crippen molar-refractivity contribution in [3.05, 3.63) is 22.7 Å². The van der Waals surface area contributed by atoms with E-state index < -0.39 is 6.03 Å². The van der Waals surface area contributed by atoms with Crippen LogP contribution < -0.4 is 15.4 Å². The second-order valence-electron chi connectivity index (χ2n) is 4.92. The van der Waals surface area contributed by atoms with E-state index >= 15 is 0 Å². The molecule has 2 N–H and O–H groups in total. The molecule has 1 aliphatic carbocycles. The van der Waals surface area contributed by atoms with E-state index in [1.807, 2.05) is 18.2 Å². The second-order valence-corrected chi connectivity index (χ2v) is 5.77. The number of benzene rings is 1. The maximum absolute atomic E-state index is 11.7. The average molecular weight is 327 g/mol. The summed E-state index contributed by atoms with van der Waals surface area (Å²) >= 11 is 3.41. The number of rotatable bonds is 4. The number of nitrogens with zero attached hydrogens (tertiary/aromatic N) is 1. The lowest BCUT2D eigenvalue weighted by atomic mass is 10.1. The minimum absolute atomic E-state index is 0.406. The minimum atomic E-state index is -0.406. The lowest BCUT2D eigenvalue weighted by Gasteiger charge is -2.24. The predicted molar refractivity (Wildman–Crippen MR) is 79.6 cm³/mol. The highest BCUT2D eigenvalue weighted by atomic mass is 79.9. The Morgan fingerprint density at radius 2 is 2.16 bits per heavy atom. The summed E-state index contributed by atoms with van der Waals surface area (Å²) in [5.41, 5.74) is 6.30. The van der Waals surface area contributed by atoms with Crippen LogP contribution in [0, 0.1) is 5.92 Å². The van der Waals surface area contributed by atoms with Gasteiger partial charge in [0.15, 0.2) is 0 Å². The Morgan fingerprint density at radius 1 is 1.47 bits per heavy atom. The van der Waals surface area contributed by atoms with Gasteiger partial charge in [0.05, 0.1) is 11.6 Å². The Morgan fingerprint density at radius 3 is 2.74 bits per heavy atom. The second kappa shape index (κ2) is 6.28. The molecule has 0 atom stereocenters. The summed E-state index contributed by atoms with van der Waals surface area (Å²) < 4.78 is 6.12. The summed E-state index contributed by atoms with van der Waals surface area (Å²) in [4.78, 5) is 13.3. The van der Waals surface area contributed by atoms with Crippen molar-refractivity contribution in [2.45, 2.75) is 25.7 Å². The molecule has 0 heterocycles. The van der Waals surface area contributed by atoms with Crippen molar-refractivity contribution in [1.82, 2.24) is 0 Å². The quantitative estimate of drug-likeness (QED) is 0.920. The Bertz CT molecular complexity index is 459. The lowest BCUT2D eigenvalue weighted by molar-refractivity contribution is 0.252. The highest BCUT2D eigenvalue weighted by molar-refractivity contribution is 9.10. The summed E-state index contributed by atoms with van der Waals surface area (Å²) in [7, 11) is 1.61. The molecule has 19 heavy (non-hydrogen) atoms. The first-order valence-corrected chi connectivity index (χ1v) is 7.31. The van der Waals surface area contributed by atoms with Gasteiger partial charge in [-0.15, -0.1) is 0 Å². The number of hydrogen-bond acceptors (Lipinski definition) is 2. The summed E-state index contributed by atoms with van der Waals surface area (Å²) in [5.74, 6) is 1.26. The van der Waals surface area contributed by atoms with Gasteiger partial charge in [0.2, 0.25) is 0 Å². The molecule has 1 aromatic rings. The number of primary amides is 1. The Hall–Kier alpha value is -1.23. The van der Waals surface area contributed by atoms with Gasteiger partial charge in [-0.3, -0.25) is 4.90 Å². The maximum Gasteiger partial charge on any atom is 0.319 e. The van der Waals surface area contributed by atoms with Crippen LogP contribution in [-0.4, -0.2) is 19.7 Å². The molecule has 104 valence electrons. The molecular formula is C14H19BrN2O2. The zero-order valence-corrected chi connectivity index (χ0v) is 12.6. The Labute approximate surface area is 122 Å². The van der Waals surface area contributed by atoms with Crippen LogP contribution in [0.2, 0.25) is 0 Å². The molecule has 0 saturated heterocycles. The molecule has 0 radical (unpaired) electrons. The first-order valence-electron chi connectivity index (χ1n) is 6.52. The van der Waals surface area contributed by atoms with Gasteiger partial charge in [-0.05, 0) is 46.8 Å². The topological polar surface area (TPSA) is 55.6 Å². The number of ether oxygens (including phenoxy) is 1. The average Bonchev–Trinajstić information content (AvgIpc) is 2.89. The molecule has 0 aliphatic heterocycles. The van der Waals surface area contributed by atoms with E-state index in [0.717, 1.165) is 10.2 Å². The number of methoxy groups -OCH3 is 1. The molecule has 0 spiro atoms. The van der Waals surface area contributed by atoms with Gasteiger partial charge in [0.1, 0.15) is 5.75 Å². The van der Waals surface area contributed by atoms with E-state index in [0.29, 0.717) is 18.2 Å². The third-order valence-electron chi connectivity index (χ3n) is 3.63. The largest absolute Gasteiger partial charge is 0.495 e. The van der Waals surface area contributed by atoms with Crippen LogP contribution in [0.3, 0.4) is 0 Å². The standard InChI is InChI=1S/C14H19BrN2O2/c1-19-13-8-11(6-7-12(13)15)17(14(16)18)9-10-4-2-3-5-10/h6-8,10H,2-5,9H2,1H3,(H2,16,18). The van der Waals surface area contributed by atoms with Crippen molar-refractivity contribution < 1.29 is 9.53 Å². The van der Waals surface area contributed by atoms with Crippen LogP contribution in [0.15, 0.2) is 22.7 Å². The minimum Gasteiger partial charge on any atom is -0.495 e. The fourth-order valence-electron chi connectivity index (χ4n) is 2.59. The molecule has 1 aliphatic rings. The van der Waals surface area contributed by atoms with Crippen molar-refractivity contribution >= 4 is 27.6 Å². The number of halogens is 1. The Kier molecular flexibility index (Phi) is 4.69. The highest BCUT2D eigenvalue weighted by Crippen LogP contribution is 2.32. The van der Waals surface area contributed by atoms with Crippen LogP contribution in [0.25, 0.3) is 0 Å². The summed E-state index contributed by atoms with van der Waals surface area (Å²) in [6, 6.07) is 5.19. The van der Waals surface area contributed by atoms with Crippen LogP contribution >= 0.6 is 15.9 Å². The fraction of sp³-hybridized carbons (Fsp3) is 0.500. The highest BCUT2D eigenvalue weighted by Gasteiger charge is 2.22. The van der Waals surface area contributed by atoms with E-state index in [-0.39, 0.29) is 0 Å². The molecule has 2 rings (SSSR count). The zero-order chi connectivity index (χ0) is 13.8. The molecule has 5 heteroatoms. The van der Waals surface area contributed by atoms with Gasteiger partial charge >= 0.3 is 6.03 Å². The van der Waals surface area contributed by atoms with Gasteiger partial charge in [-0.25, -0.2) is 4.79 Å². The van der Waals surface area contributed by atoms with Crippen molar-refractivity contribution in [1.29, 1.82) is 0 Å². The van der Waals surface area contributed by atoms with Crippen LogP contribution in [0.4, 0.5) is 10.5 Å². The van der Waals surface area contributed by atoms with Crippen molar-refractivity contribution in [2.75, 3.05) is 18.6 Å². The molecule has 1 saturated carbocycles. The number of carbonyl (C=O) groups excluding carboxylic acids is 1. The van der Waals surface area contributed by atoms with Crippen LogP contribution in [-0.2, 0) is 0 Å². The van der Waals surface area contributed by atoms with E-state index in [4.69, 9.17) is 10.5 Å². The van der Waals surface area contributed by atoms with Gasteiger partial charge in [0, 0.05) is 18.3 Å². The van der Waals surface area contributed by atoms with E-state index in [1.54, 1.807) is 12.0 Å². The first-order chi connectivity index (χ1) is 9.11. The number of urea groups is 1. The molecule has 0 bridgehead atoms. The molecular weight excluding hydrogens is 308 g/mol. The third-order valence-corrected chi connectivity index (χ3v) is 4.28. The van der Waals surface area contributed by atoms with E-state index in [1.165, 1.54) is 25.7 Å². The fourth-order valence-corrected chi connectivity index (χ4v) is 3.00. The van der Waals surface area contributed by atoms with E-state index in [9.17, 15) is 4.79 Å². The van der Waals surface area contributed by atoms with Crippen molar-refractivity contribution in [3.63, 3.8) is 0 Å². The number of nitrogens with two attached hydrogens (primary N) is 1. The number of carbonyl (C=O) groups is 1. The number of hydrogen-bond donors (Lipinski definition) is 1.